The molecule has 1 aromatic rings. The van der Waals surface area contributed by atoms with E-state index in [4.69, 9.17) is 4.74 Å². The lowest BCUT2D eigenvalue weighted by molar-refractivity contribution is -0.123. The number of carbonyl (C=O) groups excluding carboxylic acids is 1. The molecule has 4 heteroatoms. The highest BCUT2D eigenvalue weighted by Crippen LogP contribution is 2.20. The molecule has 2 atom stereocenters. The second-order valence-corrected chi connectivity index (χ2v) is 6.84. The molecular formula is C19H28N2O2. The molecular weight excluding hydrogens is 288 g/mol. The molecule has 0 aromatic heterocycles. The second kappa shape index (κ2) is 8.46. The van der Waals surface area contributed by atoms with Gasteiger partial charge >= 0.3 is 0 Å². The number of carbonyl (C=O) groups is 1. The van der Waals surface area contributed by atoms with E-state index < -0.39 is 0 Å². The fourth-order valence-corrected chi connectivity index (χ4v) is 3.63. The highest BCUT2D eigenvalue weighted by Gasteiger charge is 2.25. The maximum absolute atomic E-state index is 12.3. The highest BCUT2D eigenvalue weighted by atomic mass is 16.5. The zero-order chi connectivity index (χ0) is 15.9. The van der Waals surface area contributed by atoms with Crippen LogP contribution in [0.3, 0.4) is 0 Å². The lowest BCUT2D eigenvalue weighted by Crippen LogP contribution is -2.47. The molecule has 1 N–H and O–H groups in total. The van der Waals surface area contributed by atoms with E-state index in [0.29, 0.717) is 18.5 Å². The average Bonchev–Trinajstić information content (AvgIpc) is 3.09. The van der Waals surface area contributed by atoms with Crippen molar-refractivity contribution in [3.8, 4) is 0 Å². The molecule has 2 fully saturated rings. The molecule has 4 nitrogen and oxygen atoms in total. The van der Waals surface area contributed by atoms with Crippen LogP contribution in [0.4, 0.5) is 0 Å². The van der Waals surface area contributed by atoms with Gasteiger partial charge < -0.3 is 10.1 Å². The summed E-state index contributed by atoms with van der Waals surface area (Å²) >= 11 is 0. The zero-order valence-corrected chi connectivity index (χ0v) is 13.9. The number of hydrogen-bond donors (Lipinski definition) is 1. The summed E-state index contributed by atoms with van der Waals surface area (Å²) in [5, 5.41) is 3.10. The molecule has 2 aliphatic heterocycles. The molecule has 0 bridgehead atoms. The molecule has 0 saturated carbocycles. The van der Waals surface area contributed by atoms with E-state index >= 15 is 0 Å². The van der Waals surface area contributed by atoms with Gasteiger partial charge in [-0.1, -0.05) is 36.8 Å². The Bertz CT molecular complexity index is 485. The fraction of sp³-hybridized carbons (Fsp3) is 0.632. The van der Waals surface area contributed by atoms with Gasteiger partial charge in [0.25, 0.3) is 0 Å². The summed E-state index contributed by atoms with van der Waals surface area (Å²) in [5.74, 6) is 0.664. The van der Waals surface area contributed by atoms with Crippen molar-refractivity contribution in [1.82, 2.24) is 10.2 Å². The third-order valence-corrected chi connectivity index (χ3v) is 5.02. The van der Waals surface area contributed by atoms with E-state index in [0.717, 1.165) is 39.1 Å². The Morgan fingerprint density at radius 1 is 1.22 bits per heavy atom. The summed E-state index contributed by atoms with van der Waals surface area (Å²) in [4.78, 5) is 14.6. The number of rotatable bonds is 6. The standard InChI is InChI=1S/C19H28N2O2/c22-19(20-13-17-9-11-23-15-17)14-21-10-5-4-8-18(21)12-16-6-2-1-3-7-16/h1-3,6-7,17-18H,4-5,8-15H2,(H,20,22)/t17-,18-/m0/s1. The second-order valence-electron chi connectivity index (χ2n) is 6.84. The number of amides is 1. The minimum absolute atomic E-state index is 0.164. The van der Waals surface area contributed by atoms with E-state index in [1.165, 1.54) is 24.8 Å². The largest absolute Gasteiger partial charge is 0.381 e. The minimum Gasteiger partial charge on any atom is -0.381 e. The lowest BCUT2D eigenvalue weighted by atomic mass is 9.95. The summed E-state index contributed by atoms with van der Waals surface area (Å²) in [6, 6.07) is 11.1. The van der Waals surface area contributed by atoms with Crippen molar-refractivity contribution in [2.24, 2.45) is 5.92 Å². The van der Waals surface area contributed by atoms with E-state index in [1.54, 1.807) is 0 Å². The average molecular weight is 316 g/mol. The molecule has 0 spiro atoms. The van der Waals surface area contributed by atoms with Crippen molar-refractivity contribution in [3.63, 3.8) is 0 Å². The maximum atomic E-state index is 12.3. The summed E-state index contributed by atoms with van der Waals surface area (Å²) in [7, 11) is 0. The van der Waals surface area contributed by atoms with Crippen molar-refractivity contribution in [3.05, 3.63) is 35.9 Å². The zero-order valence-electron chi connectivity index (χ0n) is 13.9. The number of ether oxygens (including phenoxy) is 1. The predicted octanol–water partition coefficient (Wildman–Crippen LogP) is 2.24. The van der Waals surface area contributed by atoms with Crippen molar-refractivity contribution < 1.29 is 9.53 Å². The number of nitrogens with one attached hydrogen (secondary N) is 1. The van der Waals surface area contributed by atoms with Gasteiger partial charge in [0.15, 0.2) is 0 Å². The van der Waals surface area contributed by atoms with Crippen LogP contribution in [0, 0.1) is 5.92 Å². The first-order valence-electron chi connectivity index (χ1n) is 8.93. The maximum Gasteiger partial charge on any atom is 0.234 e. The summed E-state index contributed by atoms with van der Waals surface area (Å²) in [6.45, 7) is 3.96. The van der Waals surface area contributed by atoms with Gasteiger partial charge in [0, 0.05) is 25.1 Å². The van der Waals surface area contributed by atoms with Gasteiger partial charge in [-0.2, -0.15) is 0 Å². The minimum atomic E-state index is 0.164. The van der Waals surface area contributed by atoms with Crippen LogP contribution in [-0.4, -0.2) is 49.7 Å². The highest BCUT2D eigenvalue weighted by molar-refractivity contribution is 5.78. The first-order chi connectivity index (χ1) is 11.3. The first kappa shape index (κ1) is 16.5. The van der Waals surface area contributed by atoms with Crippen molar-refractivity contribution in [2.75, 3.05) is 32.8 Å². The van der Waals surface area contributed by atoms with Gasteiger partial charge in [0.1, 0.15) is 0 Å². The lowest BCUT2D eigenvalue weighted by Gasteiger charge is -2.35. The third kappa shape index (κ3) is 5.05. The Labute approximate surface area is 139 Å². The molecule has 2 saturated heterocycles. The van der Waals surface area contributed by atoms with Gasteiger partial charge in [-0.25, -0.2) is 0 Å². The summed E-state index contributed by atoms with van der Waals surface area (Å²) in [6.07, 6.45) is 5.79. The molecule has 23 heavy (non-hydrogen) atoms. The van der Waals surface area contributed by atoms with Gasteiger partial charge in [-0.15, -0.1) is 0 Å². The Balaban J connectivity index is 1.48. The molecule has 2 heterocycles. The third-order valence-electron chi connectivity index (χ3n) is 5.02. The molecule has 2 aliphatic rings. The van der Waals surface area contributed by atoms with Crippen LogP contribution in [0.1, 0.15) is 31.2 Å². The number of hydrogen-bond acceptors (Lipinski definition) is 3. The number of nitrogens with zero attached hydrogens (tertiary/aromatic N) is 1. The van der Waals surface area contributed by atoms with E-state index in [1.807, 2.05) is 0 Å². The summed E-state index contributed by atoms with van der Waals surface area (Å²) < 4.78 is 5.36. The normalized spacial score (nSPS) is 25.4. The van der Waals surface area contributed by atoms with Gasteiger partial charge in [-0.3, -0.25) is 9.69 Å². The monoisotopic (exact) mass is 316 g/mol. The Kier molecular flexibility index (Phi) is 6.06. The quantitative estimate of drug-likeness (QED) is 0.875. The van der Waals surface area contributed by atoms with E-state index in [-0.39, 0.29) is 5.91 Å². The van der Waals surface area contributed by atoms with Gasteiger partial charge in [0.2, 0.25) is 5.91 Å². The van der Waals surface area contributed by atoms with Crippen LogP contribution in [0.2, 0.25) is 0 Å². The Hall–Kier alpha value is -1.39. The molecule has 0 unspecified atom stereocenters. The predicted molar refractivity (Wildman–Crippen MR) is 91.3 cm³/mol. The number of piperidine rings is 1. The van der Waals surface area contributed by atoms with Crippen molar-refractivity contribution in [2.45, 2.75) is 38.1 Å². The van der Waals surface area contributed by atoms with Crippen molar-refractivity contribution >= 4 is 5.91 Å². The number of benzene rings is 1. The molecule has 3 rings (SSSR count). The molecule has 0 aliphatic carbocycles. The Morgan fingerprint density at radius 2 is 2.09 bits per heavy atom. The molecule has 126 valence electrons. The van der Waals surface area contributed by atoms with Crippen LogP contribution >= 0.6 is 0 Å². The van der Waals surface area contributed by atoms with Crippen LogP contribution in [-0.2, 0) is 16.0 Å². The molecule has 1 amide bonds. The van der Waals surface area contributed by atoms with E-state index in [9.17, 15) is 4.79 Å². The Morgan fingerprint density at radius 3 is 2.87 bits per heavy atom. The first-order valence-corrected chi connectivity index (χ1v) is 8.93. The number of likely N-dealkylation sites (tertiary alicyclic amines) is 1. The van der Waals surface area contributed by atoms with Crippen LogP contribution < -0.4 is 5.32 Å². The smallest absolute Gasteiger partial charge is 0.234 e. The fourth-order valence-electron chi connectivity index (χ4n) is 3.63. The summed E-state index contributed by atoms with van der Waals surface area (Å²) in [5.41, 5.74) is 1.37. The van der Waals surface area contributed by atoms with Gasteiger partial charge in [-0.05, 0) is 37.8 Å². The van der Waals surface area contributed by atoms with Crippen LogP contribution in [0.15, 0.2) is 30.3 Å². The van der Waals surface area contributed by atoms with Crippen molar-refractivity contribution in [1.29, 1.82) is 0 Å². The molecule has 0 radical (unpaired) electrons. The van der Waals surface area contributed by atoms with Crippen LogP contribution in [0.25, 0.3) is 0 Å². The van der Waals surface area contributed by atoms with Gasteiger partial charge in [0.05, 0.1) is 13.2 Å². The van der Waals surface area contributed by atoms with E-state index in [2.05, 4.69) is 40.5 Å². The topological polar surface area (TPSA) is 41.6 Å². The van der Waals surface area contributed by atoms with Crippen LogP contribution in [0.5, 0.6) is 0 Å². The molecule has 1 aromatic carbocycles. The SMILES string of the molecule is O=C(CN1CCCC[C@H]1Cc1ccccc1)NC[C@@H]1CCOC1.